The Morgan fingerprint density at radius 3 is 1.48 bits per heavy atom. The maximum atomic E-state index is 13.7. The second kappa shape index (κ2) is 6.09. The smallest absolute Gasteiger partial charge is 0.123 e. The summed E-state index contributed by atoms with van der Waals surface area (Å²) in [6.07, 6.45) is 0. The molecule has 0 saturated heterocycles. The molecule has 0 amide bonds. The molecule has 3 aromatic carbocycles. The van der Waals surface area contributed by atoms with Gasteiger partial charge in [-0.3, -0.25) is 0 Å². The van der Waals surface area contributed by atoms with Gasteiger partial charge in [0.05, 0.1) is 0 Å². The highest BCUT2D eigenvalue weighted by Crippen LogP contribution is 2.43. The van der Waals surface area contributed by atoms with Crippen molar-refractivity contribution in [2.75, 3.05) is 0 Å². The van der Waals surface area contributed by atoms with E-state index in [0.29, 0.717) is 16.7 Å². The first-order valence-corrected chi connectivity index (χ1v) is 7.35. The van der Waals surface area contributed by atoms with Gasteiger partial charge in [0.25, 0.3) is 0 Å². The second-order valence-electron chi connectivity index (χ2n) is 5.19. The molecule has 0 fully saturated rings. The van der Waals surface area contributed by atoms with Gasteiger partial charge in [0, 0.05) is 0 Å². The van der Waals surface area contributed by atoms with E-state index in [0.717, 1.165) is 0 Å². The molecule has 0 unspecified atom stereocenters. The Bertz CT molecular complexity index is 783. The van der Waals surface area contributed by atoms with Crippen LogP contribution in [0.5, 0.6) is 0 Å². The van der Waals surface area contributed by atoms with Crippen molar-refractivity contribution in [3.63, 3.8) is 0 Å². The molecule has 3 rings (SSSR count). The summed E-state index contributed by atoms with van der Waals surface area (Å²) in [5.74, 6) is -1.32. The topological polar surface area (TPSA) is 0 Å². The van der Waals surface area contributed by atoms with E-state index in [9.17, 15) is 13.2 Å². The average Bonchev–Trinajstić information content (AvgIpc) is 2.55. The zero-order valence-electron chi connectivity index (χ0n) is 11.9. The van der Waals surface area contributed by atoms with Gasteiger partial charge in [-0.1, -0.05) is 36.4 Å². The first kappa shape index (κ1) is 15.6. The molecule has 0 atom stereocenters. The predicted octanol–water partition coefficient (Wildman–Crippen LogP) is 5.63. The molecule has 4 heteroatoms. The van der Waals surface area contributed by atoms with Gasteiger partial charge in [0.1, 0.15) is 22.3 Å². The fourth-order valence-electron chi connectivity index (χ4n) is 2.59. The Morgan fingerprint density at radius 1 is 0.565 bits per heavy atom. The lowest BCUT2D eigenvalue weighted by Gasteiger charge is -2.29. The molecular weight excluding hydrogens is 321 g/mol. The summed E-state index contributed by atoms with van der Waals surface area (Å²) in [5, 5.41) is 0. The van der Waals surface area contributed by atoms with Crippen LogP contribution in [0.1, 0.15) is 16.7 Å². The highest BCUT2D eigenvalue weighted by Gasteiger charge is 2.34. The molecule has 0 aliphatic heterocycles. The lowest BCUT2D eigenvalue weighted by atomic mass is 9.84. The molecule has 23 heavy (non-hydrogen) atoms. The van der Waals surface area contributed by atoms with Crippen molar-refractivity contribution >= 4 is 11.6 Å². The van der Waals surface area contributed by atoms with Gasteiger partial charge in [0.2, 0.25) is 0 Å². The van der Waals surface area contributed by atoms with Crippen LogP contribution in [0.25, 0.3) is 0 Å². The van der Waals surface area contributed by atoms with Crippen molar-refractivity contribution in [2.45, 2.75) is 4.87 Å². The minimum absolute atomic E-state index is 0.411. The van der Waals surface area contributed by atoms with E-state index in [1.54, 1.807) is 12.1 Å². The molecule has 0 bridgehead atoms. The third kappa shape index (κ3) is 2.97. The summed E-state index contributed by atoms with van der Waals surface area (Å²) in [6, 6.07) is 17.1. The first-order chi connectivity index (χ1) is 11.0. The first-order valence-electron chi connectivity index (χ1n) is 6.97. The monoisotopic (exact) mass is 332 g/mol. The molecule has 0 saturated carbocycles. The molecule has 0 N–H and O–H groups in total. The van der Waals surface area contributed by atoms with Crippen LogP contribution in [0.15, 0.2) is 72.8 Å². The van der Waals surface area contributed by atoms with E-state index in [-0.39, 0.29) is 0 Å². The van der Waals surface area contributed by atoms with Crippen molar-refractivity contribution in [1.29, 1.82) is 0 Å². The Balaban J connectivity index is 2.27. The minimum atomic E-state index is -1.32. The molecule has 0 aliphatic rings. The SMILES string of the molecule is Fc1ccc(C(Cl)(c2cccc(F)c2)c2cccc(F)c2)cc1. The van der Waals surface area contributed by atoms with Crippen LogP contribution in [0.2, 0.25) is 0 Å². The molecule has 0 aliphatic carbocycles. The van der Waals surface area contributed by atoms with Crippen LogP contribution in [-0.4, -0.2) is 0 Å². The van der Waals surface area contributed by atoms with E-state index in [1.807, 2.05) is 0 Å². The normalized spacial score (nSPS) is 11.5. The van der Waals surface area contributed by atoms with Gasteiger partial charge in [0.15, 0.2) is 0 Å². The van der Waals surface area contributed by atoms with Crippen molar-refractivity contribution in [1.82, 2.24) is 0 Å². The fourth-order valence-corrected chi connectivity index (χ4v) is 2.95. The van der Waals surface area contributed by atoms with Crippen molar-refractivity contribution in [3.05, 3.63) is 107 Å². The van der Waals surface area contributed by atoms with Crippen molar-refractivity contribution in [2.24, 2.45) is 0 Å². The molecule has 0 radical (unpaired) electrons. The van der Waals surface area contributed by atoms with Gasteiger partial charge < -0.3 is 0 Å². The van der Waals surface area contributed by atoms with Crippen LogP contribution >= 0.6 is 11.6 Å². The Kier molecular flexibility index (Phi) is 4.14. The summed E-state index contributed by atoms with van der Waals surface area (Å²) in [7, 11) is 0. The number of benzene rings is 3. The van der Waals surface area contributed by atoms with Gasteiger partial charge in [-0.15, -0.1) is 11.6 Å². The van der Waals surface area contributed by atoms with Gasteiger partial charge in [-0.25, -0.2) is 13.2 Å². The van der Waals surface area contributed by atoms with Gasteiger partial charge in [-0.2, -0.15) is 0 Å². The molecule has 0 spiro atoms. The molecule has 0 aromatic heterocycles. The minimum Gasteiger partial charge on any atom is -0.207 e. The van der Waals surface area contributed by atoms with E-state index in [2.05, 4.69) is 0 Å². The number of alkyl halides is 1. The summed E-state index contributed by atoms with van der Waals surface area (Å²) < 4.78 is 40.6. The molecule has 0 heterocycles. The predicted molar refractivity (Wildman–Crippen MR) is 84.9 cm³/mol. The number of halogens is 4. The maximum absolute atomic E-state index is 13.7. The quantitative estimate of drug-likeness (QED) is 0.430. The largest absolute Gasteiger partial charge is 0.207 e. The number of hydrogen-bond acceptors (Lipinski definition) is 0. The third-order valence-corrected chi connectivity index (χ3v) is 4.34. The van der Waals surface area contributed by atoms with Crippen LogP contribution in [0.3, 0.4) is 0 Å². The van der Waals surface area contributed by atoms with E-state index < -0.39 is 22.3 Å². The third-order valence-electron chi connectivity index (χ3n) is 3.69. The summed E-state index contributed by atoms with van der Waals surface area (Å²) in [4.78, 5) is -1.32. The molecular formula is C19H12ClF3. The lowest BCUT2D eigenvalue weighted by Crippen LogP contribution is -2.22. The number of hydrogen-bond donors (Lipinski definition) is 0. The van der Waals surface area contributed by atoms with Crippen molar-refractivity contribution < 1.29 is 13.2 Å². The zero-order chi connectivity index (χ0) is 16.4. The summed E-state index contributed by atoms with van der Waals surface area (Å²) >= 11 is 6.86. The molecule has 116 valence electrons. The fraction of sp³-hybridized carbons (Fsp3) is 0.0526. The van der Waals surface area contributed by atoms with Gasteiger partial charge >= 0.3 is 0 Å². The standard InChI is InChI=1S/C19H12ClF3/c20-19(13-7-9-16(21)10-8-13,14-3-1-5-17(22)11-14)15-4-2-6-18(23)12-15/h1-12H. The molecule has 0 nitrogen and oxygen atoms in total. The van der Waals surface area contributed by atoms with Crippen LogP contribution in [0, 0.1) is 17.5 Å². The lowest BCUT2D eigenvalue weighted by molar-refractivity contribution is 0.617. The van der Waals surface area contributed by atoms with Crippen LogP contribution < -0.4 is 0 Å². The number of rotatable bonds is 3. The molecule has 3 aromatic rings. The summed E-state index contributed by atoms with van der Waals surface area (Å²) in [5.41, 5.74) is 1.41. The Morgan fingerprint density at radius 2 is 1.04 bits per heavy atom. The average molecular weight is 333 g/mol. The highest BCUT2D eigenvalue weighted by molar-refractivity contribution is 6.28. The zero-order valence-corrected chi connectivity index (χ0v) is 12.7. The highest BCUT2D eigenvalue weighted by atomic mass is 35.5. The van der Waals surface area contributed by atoms with Gasteiger partial charge in [-0.05, 0) is 53.1 Å². The van der Waals surface area contributed by atoms with Crippen LogP contribution in [0.4, 0.5) is 13.2 Å². The second-order valence-corrected chi connectivity index (χ2v) is 5.75. The van der Waals surface area contributed by atoms with E-state index >= 15 is 0 Å². The maximum Gasteiger partial charge on any atom is 0.123 e. The van der Waals surface area contributed by atoms with E-state index in [4.69, 9.17) is 11.6 Å². The van der Waals surface area contributed by atoms with Crippen LogP contribution in [-0.2, 0) is 4.87 Å². The van der Waals surface area contributed by atoms with Crippen molar-refractivity contribution in [3.8, 4) is 0 Å². The Hall–Kier alpha value is -2.26. The summed E-state index contributed by atoms with van der Waals surface area (Å²) in [6.45, 7) is 0. The Labute approximate surface area is 137 Å². The van der Waals surface area contributed by atoms with E-state index in [1.165, 1.54) is 60.7 Å².